The average Bonchev–Trinajstić information content (AvgIpc) is 3.18. The van der Waals surface area contributed by atoms with Crippen LogP contribution in [-0.2, 0) is 6.42 Å². The Morgan fingerprint density at radius 1 is 1.34 bits per heavy atom. The van der Waals surface area contributed by atoms with Gasteiger partial charge in [0.25, 0.3) is 5.69 Å². The number of fused-ring (bicyclic) bond motifs is 1. The van der Waals surface area contributed by atoms with Crippen molar-refractivity contribution in [2.24, 2.45) is 5.92 Å². The number of hydrogen-bond donors (Lipinski definition) is 0. The minimum absolute atomic E-state index is 0.0199. The molecule has 1 atom stereocenters. The summed E-state index contributed by atoms with van der Waals surface area (Å²) in [7, 11) is 0. The molecule has 0 spiro atoms. The van der Waals surface area contributed by atoms with E-state index in [4.69, 9.17) is 16.3 Å². The van der Waals surface area contributed by atoms with E-state index in [1.165, 1.54) is 18.5 Å². The fraction of sp³-hybridized carbons (Fsp3) is 0.368. The molecule has 1 aromatic carbocycles. The first-order valence-corrected chi connectivity index (χ1v) is 9.71. The van der Waals surface area contributed by atoms with Gasteiger partial charge in [-0.2, -0.15) is 4.98 Å². The quantitative estimate of drug-likeness (QED) is 0.445. The number of nitro groups is 1. The molecule has 0 saturated carbocycles. The average molecular weight is 415 g/mol. The first kappa shape index (κ1) is 19.3. The fourth-order valence-corrected chi connectivity index (χ4v) is 3.71. The lowest BCUT2D eigenvalue weighted by molar-refractivity contribution is -0.384. The second-order valence-corrected chi connectivity index (χ2v) is 7.24. The summed E-state index contributed by atoms with van der Waals surface area (Å²) < 4.78 is 5.45. The van der Waals surface area contributed by atoms with Crippen LogP contribution in [0.1, 0.15) is 19.2 Å². The molecule has 2 aromatic heterocycles. The predicted octanol–water partition coefficient (Wildman–Crippen LogP) is 3.45. The summed E-state index contributed by atoms with van der Waals surface area (Å²) >= 11 is 6.07. The molecule has 1 aliphatic rings. The molecule has 3 aromatic rings. The van der Waals surface area contributed by atoms with Crippen molar-refractivity contribution in [1.29, 1.82) is 0 Å². The van der Waals surface area contributed by atoms with E-state index in [1.54, 1.807) is 12.3 Å². The molecule has 29 heavy (non-hydrogen) atoms. The van der Waals surface area contributed by atoms with Crippen molar-refractivity contribution in [3.8, 4) is 5.88 Å². The van der Waals surface area contributed by atoms with E-state index in [0.29, 0.717) is 41.2 Å². The molecular formula is C19H19ClN6O3. The lowest BCUT2D eigenvalue weighted by Gasteiger charge is -2.19. The third-order valence-corrected chi connectivity index (χ3v) is 5.17. The standard InChI is InChI=1S/C19H19ClN6O3/c1-2-29-19-15(20)9-21-17(24-19)7-12-5-6-25(10-12)18-14-4-3-13(26(27)28)8-16(14)22-11-23-18/h3-4,8-9,11-12H,2,5-7,10H2,1H3/t12-/m0/s1. The van der Waals surface area contributed by atoms with Crippen molar-refractivity contribution in [2.45, 2.75) is 19.8 Å². The number of nitro benzene ring substituents is 1. The predicted molar refractivity (Wildman–Crippen MR) is 108 cm³/mol. The number of nitrogens with zero attached hydrogens (tertiary/aromatic N) is 6. The molecule has 4 rings (SSSR count). The maximum atomic E-state index is 11.0. The first-order valence-electron chi connectivity index (χ1n) is 9.33. The van der Waals surface area contributed by atoms with Crippen LogP contribution < -0.4 is 9.64 Å². The van der Waals surface area contributed by atoms with E-state index in [9.17, 15) is 10.1 Å². The Morgan fingerprint density at radius 3 is 3.00 bits per heavy atom. The molecule has 0 radical (unpaired) electrons. The van der Waals surface area contributed by atoms with Crippen molar-refractivity contribution >= 4 is 34.0 Å². The highest BCUT2D eigenvalue weighted by molar-refractivity contribution is 6.31. The number of rotatable bonds is 6. The van der Waals surface area contributed by atoms with Gasteiger partial charge in [-0.1, -0.05) is 11.6 Å². The van der Waals surface area contributed by atoms with Gasteiger partial charge in [0.15, 0.2) is 0 Å². The number of ether oxygens (including phenoxy) is 1. The Labute approximate surface area is 171 Å². The highest BCUT2D eigenvalue weighted by Crippen LogP contribution is 2.31. The van der Waals surface area contributed by atoms with Gasteiger partial charge in [-0.05, 0) is 25.3 Å². The van der Waals surface area contributed by atoms with Gasteiger partial charge in [0.2, 0.25) is 5.88 Å². The van der Waals surface area contributed by atoms with E-state index in [-0.39, 0.29) is 5.69 Å². The summed E-state index contributed by atoms with van der Waals surface area (Å²) in [5.74, 6) is 2.26. The second kappa shape index (κ2) is 8.12. The third-order valence-electron chi connectivity index (χ3n) is 4.91. The van der Waals surface area contributed by atoms with Gasteiger partial charge in [0.1, 0.15) is 23.0 Å². The number of non-ortho nitro benzene ring substituents is 1. The second-order valence-electron chi connectivity index (χ2n) is 6.83. The Hall–Kier alpha value is -3.07. The number of halogens is 1. The zero-order valence-electron chi connectivity index (χ0n) is 15.8. The minimum Gasteiger partial charge on any atom is -0.477 e. The number of aromatic nitrogens is 4. The molecule has 0 N–H and O–H groups in total. The smallest absolute Gasteiger partial charge is 0.271 e. The van der Waals surface area contributed by atoms with E-state index in [0.717, 1.165) is 30.7 Å². The molecule has 150 valence electrons. The van der Waals surface area contributed by atoms with Gasteiger partial charge >= 0.3 is 0 Å². The van der Waals surface area contributed by atoms with Crippen LogP contribution in [0.4, 0.5) is 11.5 Å². The first-order chi connectivity index (χ1) is 14.0. The molecule has 1 aliphatic heterocycles. The summed E-state index contributed by atoms with van der Waals surface area (Å²) in [6.45, 7) is 4.00. The molecule has 0 bridgehead atoms. The van der Waals surface area contributed by atoms with Crippen LogP contribution in [0.25, 0.3) is 10.9 Å². The molecule has 1 saturated heterocycles. The Morgan fingerprint density at radius 2 is 2.21 bits per heavy atom. The van der Waals surface area contributed by atoms with Gasteiger partial charge in [-0.25, -0.2) is 15.0 Å². The largest absolute Gasteiger partial charge is 0.477 e. The molecular weight excluding hydrogens is 396 g/mol. The van der Waals surface area contributed by atoms with Gasteiger partial charge in [-0.3, -0.25) is 10.1 Å². The molecule has 3 heterocycles. The molecule has 9 nitrogen and oxygen atoms in total. The van der Waals surface area contributed by atoms with Crippen LogP contribution in [0.3, 0.4) is 0 Å². The maximum absolute atomic E-state index is 11.0. The Balaban J connectivity index is 1.51. The highest BCUT2D eigenvalue weighted by Gasteiger charge is 2.26. The number of hydrogen-bond acceptors (Lipinski definition) is 8. The fourth-order valence-electron chi connectivity index (χ4n) is 3.57. The van der Waals surface area contributed by atoms with Crippen LogP contribution in [0.15, 0.2) is 30.7 Å². The van der Waals surface area contributed by atoms with Crippen molar-refractivity contribution in [1.82, 2.24) is 19.9 Å². The number of anilines is 1. The molecule has 0 amide bonds. The van der Waals surface area contributed by atoms with Crippen molar-refractivity contribution in [3.63, 3.8) is 0 Å². The van der Waals surface area contributed by atoms with Gasteiger partial charge in [0.05, 0.1) is 23.2 Å². The lowest BCUT2D eigenvalue weighted by atomic mass is 10.0. The SMILES string of the molecule is CCOc1nc(C[C@@H]2CCN(c3ncnc4cc([N+](=O)[O-])ccc34)C2)ncc1Cl. The van der Waals surface area contributed by atoms with Gasteiger partial charge < -0.3 is 9.64 Å². The summed E-state index contributed by atoms with van der Waals surface area (Å²) in [6, 6.07) is 4.68. The molecule has 1 fully saturated rings. The van der Waals surface area contributed by atoms with Gasteiger partial charge in [0, 0.05) is 37.0 Å². The maximum Gasteiger partial charge on any atom is 0.271 e. The van der Waals surface area contributed by atoms with E-state index < -0.39 is 4.92 Å². The van der Waals surface area contributed by atoms with E-state index >= 15 is 0 Å². The summed E-state index contributed by atoms with van der Waals surface area (Å²) in [4.78, 5) is 30.1. The lowest BCUT2D eigenvalue weighted by Crippen LogP contribution is -2.22. The van der Waals surface area contributed by atoms with E-state index in [1.807, 2.05) is 6.92 Å². The monoisotopic (exact) mass is 414 g/mol. The van der Waals surface area contributed by atoms with Crippen LogP contribution in [0.2, 0.25) is 5.02 Å². The van der Waals surface area contributed by atoms with Crippen LogP contribution >= 0.6 is 11.6 Å². The normalized spacial score (nSPS) is 16.3. The summed E-state index contributed by atoms with van der Waals surface area (Å²) in [6.07, 6.45) is 4.70. The van der Waals surface area contributed by atoms with Crippen LogP contribution in [0, 0.1) is 16.0 Å². The zero-order valence-corrected chi connectivity index (χ0v) is 16.5. The van der Waals surface area contributed by atoms with Crippen molar-refractivity contribution in [2.75, 3.05) is 24.6 Å². The highest BCUT2D eigenvalue weighted by atomic mass is 35.5. The Kier molecular flexibility index (Phi) is 5.39. The Bertz CT molecular complexity index is 1060. The summed E-state index contributed by atoms with van der Waals surface area (Å²) in [5, 5.41) is 12.2. The molecule has 10 heteroatoms. The zero-order chi connectivity index (χ0) is 20.4. The van der Waals surface area contributed by atoms with Gasteiger partial charge in [-0.15, -0.1) is 0 Å². The topological polar surface area (TPSA) is 107 Å². The van der Waals surface area contributed by atoms with Crippen LogP contribution in [0.5, 0.6) is 5.88 Å². The number of benzene rings is 1. The molecule has 0 aliphatic carbocycles. The summed E-state index contributed by atoms with van der Waals surface area (Å²) in [5.41, 5.74) is 0.585. The molecule has 0 unspecified atom stereocenters. The third kappa shape index (κ3) is 4.04. The van der Waals surface area contributed by atoms with Crippen molar-refractivity contribution < 1.29 is 9.66 Å². The van der Waals surface area contributed by atoms with Crippen molar-refractivity contribution in [3.05, 3.63) is 51.7 Å². The minimum atomic E-state index is -0.421. The van der Waals surface area contributed by atoms with Crippen LogP contribution in [-0.4, -0.2) is 44.6 Å². The van der Waals surface area contributed by atoms with E-state index in [2.05, 4.69) is 24.8 Å².